The number of nitrogens with two attached hydrogens (primary N) is 1. The summed E-state index contributed by atoms with van der Waals surface area (Å²) in [5.41, 5.74) is 5.57. The quantitative estimate of drug-likeness (QED) is 0.780. The highest BCUT2D eigenvalue weighted by Crippen LogP contribution is 2.49. The second-order valence-electron chi connectivity index (χ2n) is 6.04. The average Bonchev–Trinajstić information content (AvgIpc) is 2.77. The first-order valence-electron chi connectivity index (χ1n) is 6.74. The van der Waals surface area contributed by atoms with Gasteiger partial charge in [0.15, 0.2) is 0 Å². The molecule has 3 aliphatic rings. The zero-order chi connectivity index (χ0) is 11.1. The highest BCUT2D eigenvalue weighted by atomic mass is 16.2. The van der Waals surface area contributed by atoms with Crippen LogP contribution >= 0.6 is 0 Å². The number of hydrogen-bond donors (Lipinski definition) is 1. The van der Waals surface area contributed by atoms with Crippen molar-refractivity contribution in [1.29, 1.82) is 0 Å². The lowest BCUT2D eigenvalue weighted by molar-refractivity contribution is -0.138. The van der Waals surface area contributed by atoms with Crippen LogP contribution in [0.4, 0.5) is 0 Å². The van der Waals surface area contributed by atoms with Gasteiger partial charge in [0.1, 0.15) is 0 Å². The van der Waals surface area contributed by atoms with Crippen molar-refractivity contribution in [3.63, 3.8) is 0 Å². The molecule has 1 saturated heterocycles. The van der Waals surface area contributed by atoms with E-state index < -0.39 is 0 Å². The molecule has 2 bridgehead atoms. The number of fused-ring (bicyclic) bond motifs is 2. The molecule has 2 aliphatic carbocycles. The minimum absolute atomic E-state index is 0.391. The fourth-order valence-corrected chi connectivity index (χ4v) is 3.90. The van der Waals surface area contributed by atoms with Gasteiger partial charge >= 0.3 is 0 Å². The van der Waals surface area contributed by atoms with Crippen molar-refractivity contribution in [2.24, 2.45) is 29.4 Å². The average molecular weight is 222 g/mol. The van der Waals surface area contributed by atoms with Crippen molar-refractivity contribution < 1.29 is 4.79 Å². The molecule has 2 saturated carbocycles. The smallest absolute Gasteiger partial charge is 0.222 e. The fraction of sp³-hybridized carbons (Fsp3) is 0.923. The van der Waals surface area contributed by atoms with E-state index in [0.29, 0.717) is 17.7 Å². The van der Waals surface area contributed by atoms with Gasteiger partial charge in [0, 0.05) is 25.4 Å². The van der Waals surface area contributed by atoms with Crippen LogP contribution in [-0.4, -0.2) is 30.4 Å². The van der Waals surface area contributed by atoms with Gasteiger partial charge in [-0.05, 0) is 43.6 Å². The van der Waals surface area contributed by atoms with Gasteiger partial charge in [-0.1, -0.05) is 6.42 Å². The van der Waals surface area contributed by atoms with Crippen LogP contribution in [0.25, 0.3) is 0 Å². The third-order valence-corrected chi connectivity index (χ3v) is 4.96. The summed E-state index contributed by atoms with van der Waals surface area (Å²) in [5.74, 6) is 3.51. The molecule has 0 aromatic heterocycles. The second-order valence-corrected chi connectivity index (χ2v) is 6.04. The van der Waals surface area contributed by atoms with E-state index in [1.54, 1.807) is 0 Å². The van der Waals surface area contributed by atoms with Crippen LogP contribution in [0.5, 0.6) is 0 Å². The lowest BCUT2D eigenvalue weighted by Crippen LogP contribution is -2.53. The molecule has 3 fully saturated rings. The van der Waals surface area contributed by atoms with E-state index in [2.05, 4.69) is 0 Å². The molecule has 1 aliphatic heterocycles. The van der Waals surface area contributed by atoms with E-state index in [1.165, 1.54) is 25.7 Å². The summed E-state index contributed by atoms with van der Waals surface area (Å²) in [6.07, 6.45) is 6.36. The molecule has 3 rings (SSSR count). The van der Waals surface area contributed by atoms with Gasteiger partial charge in [-0.25, -0.2) is 0 Å². The Kier molecular flexibility index (Phi) is 2.66. The van der Waals surface area contributed by atoms with Crippen LogP contribution in [0, 0.1) is 23.7 Å². The Labute approximate surface area is 97.4 Å². The number of likely N-dealkylation sites (tertiary alicyclic amines) is 1. The van der Waals surface area contributed by atoms with E-state index in [1.807, 2.05) is 4.90 Å². The van der Waals surface area contributed by atoms with Crippen LogP contribution in [0.2, 0.25) is 0 Å². The standard InChI is InChI=1S/C13H22N2O/c14-6-10-7-15(8-10)13(16)5-12-4-9-1-2-11(12)3-9/h9-12H,1-8,14H2. The summed E-state index contributed by atoms with van der Waals surface area (Å²) in [6, 6.07) is 0. The van der Waals surface area contributed by atoms with Gasteiger partial charge in [0.05, 0.1) is 0 Å². The van der Waals surface area contributed by atoms with Crippen molar-refractivity contribution in [3.8, 4) is 0 Å². The Morgan fingerprint density at radius 3 is 2.62 bits per heavy atom. The maximum Gasteiger partial charge on any atom is 0.222 e. The molecule has 16 heavy (non-hydrogen) atoms. The molecular weight excluding hydrogens is 200 g/mol. The Morgan fingerprint density at radius 2 is 2.06 bits per heavy atom. The molecule has 1 heterocycles. The van der Waals surface area contributed by atoms with Gasteiger partial charge in [-0.15, -0.1) is 0 Å². The van der Waals surface area contributed by atoms with Crippen LogP contribution in [0.15, 0.2) is 0 Å². The third-order valence-electron chi connectivity index (χ3n) is 4.96. The molecule has 0 radical (unpaired) electrons. The number of hydrogen-bond acceptors (Lipinski definition) is 2. The molecule has 1 amide bonds. The summed E-state index contributed by atoms with van der Waals surface area (Å²) in [7, 11) is 0. The first kappa shape index (κ1) is 10.6. The Bertz CT molecular complexity index is 286. The zero-order valence-electron chi connectivity index (χ0n) is 9.90. The van der Waals surface area contributed by atoms with Crippen LogP contribution in [0.3, 0.4) is 0 Å². The summed E-state index contributed by atoms with van der Waals surface area (Å²) in [5, 5.41) is 0. The zero-order valence-corrected chi connectivity index (χ0v) is 9.90. The molecular formula is C13H22N2O. The number of carbonyl (C=O) groups excluding carboxylic acids is 1. The Morgan fingerprint density at radius 1 is 1.25 bits per heavy atom. The summed E-state index contributed by atoms with van der Waals surface area (Å²) in [4.78, 5) is 14.0. The van der Waals surface area contributed by atoms with E-state index in [9.17, 15) is 4.79 Å². The first-order valence-corrected chi connectivity index (χ1v) is 6.74. The number of carbonyl (C=O) groups is 1. The summed E-state index contributed by atoms with van der Waals surface area (Å²) in [6.45, 7) is 2.56. The third kappa shape index (κ3) is 1.75. The van der Waals surface area contributed by atoms with Gasteiger partial charge < -0.3 is 10.6 Å². The first-order chi connectivity index (χ1) is 7.76. The van der Waals surface area contributed by atoms with Gasteiger partial charge in [0.2, 0.25) is 5.91 Å². The maximum absolute atomic E-state index is 12.0. The monoisotopic (exact) mass is 222 g/mol. The van der Waals surface area contributed by atoms with Gasteiger partial charge in [-0.3, -0.25) is 4.79 Å². The maximum atomic E-state index is 12.0. The summed E-state index contributed by atoms with van der Waals surface area (Å²) >= 11 is 0. The highest BCUT2D eigenvalue weighted by molar-refractivity contribution is 5.77. The Balaban J connectivity index is 1.47. The van der Waals surface area contributed by atoms with Crippen LogP contribution < -0.4 is 5.73 Å². The number of amides is 1. The molecule has 3 atom stereocenters. The van der Waals surface area contributed by atoms with E-state index in [-0.39, 0.29) is 0 Å². The van der Waals surface area contributed by atoms with Crippen LogP contribution in [-0.2, 0) is 4.79 Å². The van der Waals surface area contributed by atoms with E-state index in [0.717, 1.165) is 37.9 Å². The SMILES string of the molecule is NCC1CN(C(=O)CC2CC3CCC2C3)C1. The molecule has 3 heteroatoms. The fourth-order valence-electron chi connectivity index (χ4n) is 3.90. The lowest BCUT2D eigenvalue weighted by Gasteiger charge is -2.39. The molecule has 0 aromatic rings. The van der Waals surface area contributed by atoms with Crippen LogP contribution in [0.1, 0.15) is 32.1 Å². The minimum Gasteiger partial charge on any atom is -0.342 e. The van der Waals surface area contributed by atoms with Crippen molar-refractivity contribution in [2.45, 2.75) is 32.1 Å². The molecule has 3 nitrogen and oxygen atoms in total. The van der Waals surface area contributed by atoms with Gasteiger partial charge in [0.25, 0.3) is 0 Å². The predicted molar refractivity (Wildman–Crippen MR) is 62.7 cm³/mol. The largest absolute Gasteiger partial charge is 0.342 e. The Hall–Kier alpha value is -0.570. The van der Waals surface area contributed by atoms with Gasteiger partial charge in [-0.2, -0.15) is 0 Å². The molecule has 90 valence electrons. The second kappa shape index (κ2) is 4.02. The van der Waals surface area contributed by atoms with E-state index in [4.69, 9.17) is 5.73 Å². The summed E-state index contributed by atoms with van der Waals surface area (Å²) < 4.78 is 0. The van der Waals surface area contributed by atoms with Crippen molar-refractivity contribution in [3.05, 3.63) is 0 Å². The predicted octanol–water partition coefficient (Wildman–Crippen LogP) is 1.23. The van der Waals surface area contributed by atoms with Crippen molar-refractivity contribution in [2.75, 3.05) is 19.6 Å². The molecule has 3 unspecified atom stereocenters. The normalized spacial score (nSPS) is 37.8. The molecule has 0 aromatic carbocycles. The molecule has 2 N–H and O–H groups in total. The van der Waals surface area contributed by atoms with E-state index >= 15 is 0 Å². The topological polar surface area (TPSA) is 46.3 Å². The van der Waals surface area contributed by atoms with Crippen molar-refractivity contribution >= 4 is 5.91 Å². The highest BCUT2D eigenvalue weighted by Gasteiger charge is 2.41. The molecule has 0 spiro atoms. The lowest BCUT2D eigenvalue weighted by atomic mass is 9.85. The number of nitrogens with zero attached hydrogens (tertiary/aromatic N) is 1. The number of rotatable bonds is 3. The minimum atomic E-state index is 0.391. The van der Waals surface area contributed by atoms with Crippen molar-refractivity contribution in [1.82, 2.24) is 4.90 Å².